The normalized spacial score (nSPS) is 13.4. The van der Waals surface area contributed by atoms with Gasteiger partial charge in [-0.2, -0.15) is 0 Å². The molecule has 0 radical (unpaired) electrons. The molecule has 8 heteroatoms. The zero-order chi connectivity index (χ0) is 24.9. The highest BCUT2D eigenvalue weighted by atomic mass is 16.5. The maximum Gasteiger partial charge on any atom is 0.408 e. The molecule has 0 spiro atoms. The van der Waals surface area contributed by atoms with Crippen LogP contribution in [0.4, 0.5) is 4.79 Å². The van der Waals surface area contributed by atoms with Gasteiger partial charge in [0.05, 0.1) is 6.04 Å². The Bertz CT molecular complexity index is 905. The summed E-state index contributed by atoms with van der Waals surface area (Å²) in [5.41, 5.74) is 1.68. The third kappa shape index (κ3) is 9.23. The van der Waals surface area contributed by atoms with Gasteiger partial charge in [-0.3, -0.25) is 9.59 Å². The van der Waals surface area contributed by atoms with Gasteiger partial charge < -0.3 is 25.8 Å². The van der Waals surface area contributed by atoms with Gasteiger partial charge in [-0.1, -0.05) is 74.5 Å². The largest absolute Gasteiger partial charge is 0.445 e. The van der Waals surface area contributed by atoms with E-state index in [2.05, 4.69) is 16.0 Å². The molecule has 3 atom stereocenters. The molecule has 0 heterocycles. The van der Waals surface area contributed by atoms with Gasteiger partial charge in [0.1, 0.15) is 12.6 Å². The summed E-state index contributed by atoms with van der Waals surface area (Å²) >= 11 is 0. The van der Waals surface area contributed by atoms with Crippen LogP contribution in [0.5, 0.6) is 0 Å². The molecule has 2 aromatic carbocycles. The molecule has 2 aromatic rings. The summed E-state index contributed by atoms with van der Waals surface area (Å²) in [6.07, 6.45) is -1.55. The van der Waals surface area contributed by atoms with Crippen molar-refractivity contribution < 1.29 is 24.2 Å². The van der Waals surface area contributed by atoms with Gasteiger partial charge in [0.25, 0.3) is 5.91 Å². The predicted molar refractivity (Wildman–Crippen MR) is 130 cm³/mol. The van der Waals surface area contributed by atoms with E-state index in [0.717, 1.165) is 11.1 Å². The smallest absolute Gasteiger partial charge is 0.408 e. The number of nitrogens with one attached hydrogen (secondary N) is 3. The Morgan fingerprint density at radius 1 is 0.882 bits per heavy atom. The number of rotatable bonds is 12. The molecule has 0 aliphatic rings. The Hall–Kier alpha value is -3.39. The summed E-state index contributed by atoms with van der Waals surface area (Å²) in [5, 5.41) is 18.6. The van der Waals surface area contributed by atoms with Crippen LogP contribution in [-0.2, 0) is 27.4 Å². The van der Waals surface area contributed by atoms with E-state index in [9.17, 15) is 19.5 Å². The van der Waals surface area contributed by atoms with Crippen molar-refractivity contribution in [3.63, 3.8) is 0 Å². The standard InChI is InChI=1S/C26H35N3O5/c1-4-27-25(32)23(30)21(16-19-11-7-5-8-12-19)28-24(31)22(15-18(2)3)29-26(33)34-17-20-13-9-6-10-14-20/h5-14,18,21-23,30H,4,15-17H2,1-3H3,(H,27,32)(H,28,31)(H,29,33)/t21-,22-,23?/m0/s1. The lowest BCUT2D eigenvalue weighted by Gasteiger charge is -2.27. The lowest BCUT2D eigenvalue weighted by molar-refractivity contribution is -0.132. The minimum Gasteiger partial charge on any atom is -0.445 e. The summed E-state index contributed by atoms with van der Waals surface area (Å²) in [7, 11) is 0. The first-order valence-corrected chi connectivity index (χ1v) is 11.6. The minimum absolute atomic E-state index is 0.0786. The highest BCUT2D eigenvalue weighted by Gasteiger charge is 2.31. The molecule has 2 rings (SSSR count). The van der Waals surface area contributed by atoms with Crippen LogP contribution >= 0.6 is 0 Å². The Morgan fingerprint density at radius 3 is 2.03 bits per heavy atom. The lowest BCUT2D eigenvalue weighted by atomic mass is 9.98. The van der Waals surface area contributed by atoms with Gasteiger partial charge in [0, 0.05) is 6.54 Å². The molecular formula is C26H35N3O5. The second kappa shape index (κ2) is 14.0. The van der Waals surface area contributed by atoms with Crippen molar-refractivity contribution in [2.45, 2.75) is 58.4 Å². The lowest BCUT2D eigenvalue weighted by Crippen LogP contribution is -2.56. The number of amides is 3. The Kier molecular flexibility index (Phi) is 11.1. The predicted octanol–water partition coefficient (Wildman–Crippen LogP) is 2.55. The Balaban J connectivity index is 2.09. The van der Waals surface area contributed by atoms with Crippen molar-refractivity contribution in [1.82, 2.24) is 16.0 Å². The van der Waals surface area contributed by atoms with Crippen molar-refractivity contribution in [3.8, 4) is 0 Å². The molecule has 8 nitrogen and oxygen atoms in total. The molecule has 4 N–H and O–H groups in total. The van der Waals surface area contributed by atoms with E-state index in [4.69, 9.17) is 4.74 Å². The Labute approximate surface area is 201 Å². The molecule has 0 fully saturated rings. The molecule has 0 aromatic heterocycles. The number of carbonyl (C=O) groups excluding carboxylic acids is 3. The highest BCUT2D eigenvalue weighted by Crippen LogP contribution is 2.11. The number of alkyl carbamates (subject to hydrolysis) is 1. The first kappa shape index (κ1) is 26.9. The second-order valence-electron chi connectivity index (χ2n) is 8.53. The van der Waals surface area contributed by atoms with Crippen LogP contribution in [-0.4, -0.2) is 47.7 Å². The third-order valence-corrected chi connectivity index (χ3v) is 5.16. The van der Waals surface area contributed by atoms with Crippen molar-refractivity contribution in [2.24, 2.45) is 5.92 Å². The molecule has 0 bridgehead atoms. The van der Waals surface area contributed by atoms with Crippen LogP contribution in [0.25, 0.3) is 0 Å². The highest BCUT2D eigenvalue weighted by molar-refractivity contribution is 5.87. The van der Waals surface area contributed by atoms with Crippen LogP contribution in [0.3, 0.4) is 0 Å². The SMILES string of the molecule is CCNC(=O)C(O)[C@H](Cc1ccccc1)NC(=O)[C@H](CC(C)C)NC(=O)OCc1ccccc1. The number of hydrogen-bond donors (Lipinski definition) is 4. The van der Waals surface area contributed by atoms with E-state index >= 15 is 0 Å². The molecule has 0 aliphatic heterocycles. The van der Waals surface area contributed by atoms with E-state index in [1.54, 1.807) is 6.92 Å². The fourth-order valence-electron chi connectivity index (χ4n) is 3.46. The van der Waals surface area contributed by atoms with E-state index < -0.39 is 36.1 Å². The van der Waals surface area contributed by atoms with E-state index in [1.807, 2.05) is 74.5 Å². The van der Waals surface area contributed by atoms with Crippen LogP contribution in [0.2, 0.25) is 0 Å². The maximum atomic E-state index is 13.1. The van der Waals surface area contributed by atoms with Gasteiger partial charge >= 0.3 is 6.09 Å². The average Bonchev–Trinajstić information content (AvgIpc) is 2.82. The quantitative estimate of drug-likeness (QED) is 0.381. The topological polar surface area (TPSA) is 117 Å². The number of aliphatic hydroxyl groups excluding tert-OH is 1. The zero-order valence-corrected chi connectivity index (χ0v) is 20.0. The van der Waals surface area contributed by atoms with Gasteiger partial charge in [-0.25, -0.2) is 4.79 Å². The average molecular weight is 470 g/mol. The van der Waals surface area contributed by atoms with Gasteiger partial charge in [-0.05, 0) is 36.8 Å². The second-order valence-corrected chi connectivity index (χ2v) is 8.53. The monoisotopic (exact) mass is 469 g/mol. The number of aliphatic hydroxyl groups is 1. The number of benzene rings is 2. The summed E-state index contributed by atoms with van der Waals surface area (Å²) in [5.74, 6) is -0.958. The first-order valence-electron chi connectivity index (χ1n) is 11.6. The van der Waals surface area contributed by atoms with Gasteiger partial charge in [0.2, 0.25) is 5.91 Å². The molecule has 184 valence electrons. The van der Waals surface area contributed by atoms with Gasteiger partial charge in [0.15, 0.2) is 6.10 Å². The summed E-state index contributed by atoms with van der Waals surface area (Å²) in [4.78, 5) is 37.8. The van der Waals surface area contributed by atoms with E-state index in [1.165, 1.54) is 0 Å². The number of likely N-dealkylation sites (N-methyl/N-ethyl adjacent to an activating group) is 1. The molecular weight excluding hydrogens is 434 g/mol. The fraction of sp³-hybridized carbons (Fsp3) is 0.423. The zero-order valence-electron chi connectivity index (χ0n) is 20.0. The number of ether oxygens (including phenoxy) is 1. The Morgan fingerprint density at radius 2 is 1.47 bits per heavy atom. The summed E-state index contributed by atoms with van der Waals surface area (Å²) < 4.78 is 5.27. The van der Waals surface area contributed by atoms with Crippen LogP contribution in [0.15, 0.2) is 60.7 Å². The number of carbonyl (C=O) groups is 3. The molecule has 0 aliphatic carbocycles. The van der Waals surface area contributed by atoms with Crippen molar-refractivity contribution in [2.75, 3.05) is 6.54 Å². The summed E-state index contributed by atoms with van der Waals surface area (Å²) in [6.45, 7) is 6.05. The third-order valence-electron chi connectivity index (χ3n) is 5.16. The molecule has 0 saturated carbocycles. The van der Waals surface area contributed by atoms with Crippen LogP contribution in [0, 0.1) is 5.92 Å². The summed E-state index contributed by atoms with van der Waals surface area (Å²) in [6, 6.07) is 16.7. The first-order chi connectivity index (χ1) is 16.3. The van der Waals surface area contributed by atoms with E-state index in [0.29, 0.717) is 13.0 Å². The van der Waals surface area contributed by atoms with E-state index in [-0.39, 0.29) is 18.9 Å². The van der Waals surface area contributed by atoms with Crippen molar-refractivity contribution >= 4 is 17.9 Å². The maximum absolute atomic E-state index is 13.1. The molecule has 3 amide bonds. The fourth-order valence-corrected chi connectivity index (χ4v) is 3.46. The minimum atomic E-state index is -1.45. The molecule has 0 saturated heterocycles. The van der Waals surface area contributed by atoms with Crippen LogP contribution < -0.4 is 16.0 Å². The number of hydrogen-bond acceptors (Lipinski definition) is 5. The van der Waals surface area contributed by atoms with Crippen molar-refractivity contribution in [1.29, 1.82) is 0 Å². The molecule has 1 unspecified atom stereocenters. The van der Waals surface area contributed by atoms with Crippen LogP contribution in [0.1, 0.15) is 38.3 Å². The molecule has 34 heavy (non-hydrogen) atoms. The van der Waals surface area contributed by atoms with Crippen molar-refractivity contribution in [3.05, 3.63) is 71.8 Å². The van der Waals surface area contributed by atoms with Gasteiger partial charge in [-0.15, -0.1) is 0 Å².